The number of carbonyl (C=O) groups excluding carboxylic acids is 1. The van der Waals surface area contributed by atoms with E-state index >= 15 is 0 Å². The van der Waals surface area contributed by atoms with E-state index in [-0.39, 0.29) is 23.7 Å². The van der Waals surface area contributed by atoms with E-state index < -0.39 is 0 Å². The number of para-hydroxylation sites is 1. The summed E-state index contributed by atoms with van der Waals surface area (Å²) in [6.07, 6.45) is 8.78. The van der Waals surface area contributed by atoms with Crippen molar-refractivity contribution in [3.05, 3.63) is 59.2 Å². The molecule has 2 aliphatic rings. The van der Waals surface area contributed by atoms with E-state index in [0.717, 1.165) is 61.3 Å². The van der Waals surface area contributed by atoms with Crippen molar-refractivity contribution in [3.63, 3.8) is 0 Å². The Balaban J connectivity index is 1.38. The van der Waals surface area contributed by atoms with Gasteiger partial charge in [-0.05, 0) is 82.3 Å². The Bertz CT molecular complexity index is 940. The molecule has 0 fully saturated rings. The highest BCUT2D eigenvalue weighted by Crippen LogP contribution is 2.39. The first-order chi connectivity index (χ1) is 15.4. The highest BCUT2D eigenvalue weighted by Gasteiger charge is 2.34. The van der Waals surface area contributed by atoms with Crippen LogP contribution in [0.2, 0.25) is 0 Å². The molecule has 2 heterocycles. The van der Waals surface area contributed by atoms with Crippen molar-refractivity contribution in [2.75, 3.05) is 6.54 Å². The molecule has 0 saturated heterocycles. The first-order valence-electron chi connectivity index (χ1n) is 12.0. The number of hydrogen-bond donors (Lipinski definition) is 2. The van der Waals surface area contributed by atoms with E-state index in [1.165, 1.54) is 19.3 Å². The molecular weight excluding hydrogens is 400 g/mol. The van der Waals surface area contributed by atoms with E-state index in [1.807, 2.05) is 42.5 Å². The van der Waals surface area contributed by atoms with Crippen LogP contribution < -0.4 is 20.5 Å². The van der Waals surface area contributed by atoms with Crippen molar-refractivity contribution in [1.29, 1.82) is 0 Å². The van der Waals surface area contributed by atoms with Gasteiger partial charge >= 0.3 is 0 Å². The van der Waals surface area contributed by atoms with Crippen LogP contribution in [0.25, 0.3) is 0 Å². The van der Waals surface area contributed by atoms with E-state index in [1.54, 1.807) is 0 Å². The monoisotopic (exact) mass is 436 g/mol. The van der Waals surface area contributed by atoms with Gasteiger partial charge in [0.2, 0.25) is 0 Å². The molecule has 172 valence electrons. The molecule has 4 rings (SSSR count). The average Bonchev–Trinajstić information content (AvgIpc) is 2.77. The van der Waals surface area contributed by atoms with Crippen molar-refractivity contribution in [2.45, 2.75) is 83.0 Å². The Morgan fingerprint density at radius 1 is 1.09 bits per heavy atom. The largest absolute Gasteiger partial charge is 0.490 e. The maximum absolute atomic E-state index is 13.1. The number of hydrogen-bond acceptors (Lipinski definition) is 4. The standard InChI is InChI=1S/C27H36N2O3/c1-27(2)18-23(22-10-6-7-11-25(22)32-27)29-26(30)20-13-15-24-19(17-20)12-14-21(31-24)9-5-3-4-8-16-28/h6-7,10-11,13,15,17,21,23H,3-5,8-9,12,14,16,18,28H2,1-2H3,(H,29,30). The normalized spacial score (nSPS) is 21.0. The molecule has 0 bridgehead atoms. The molecule has 2 aromatic rings. The van der Waals surface area contributed by atoms with Gasteiger partial charge in [-0.3, -0.25) is 4.79 Å². The van der Waals surface area contributed by atoms with E-state index in [9.17, 15) is 4.79 Å². The molecule has 0 spiro atoms. The van der Waals surface area contributed by atoms with Crippen LogP contribution >= 0.6 is 0 Å². The Morgan fingerprint density at radius 2 is 1.91 bits per heavy atom. The highest BCUT2D eigenvalue weighted by atomic mass is 16.5. The molecule has 3 N–H and O–H groups in total. The number of carbonyl (C=O) groups is 1. The quantitative estimate of drug-likeness (QED) is 0.549. The van der Waals surface area contributed by atoms with E-state index in [2.05, 4.69) is 19.2 Å². The smallest absolute Gasteiger partial charge is 0.251 e. The fourth-order valence-corrected chi connectivity index (χ4v) is 4.83. The molecule has 5 nitrogen and oxygen atoms in total. The van der Waals surface area contributed by atoms with E-state index in [4.69, 9.17) is 15.2 Å². The second-order valence-electron chi connectivity index (χ2n) is 9.72. The Kier molecular flexibility index (Phi) is 7.04. The molecule has 0 radical (unpaired) electrons. The zero-order valence-electron chi connectivity index (χ0n) is 19.4. The Hall–Kier alpha value is -2.53. The van der Waals surface area contributed by atoms with Gasteiger partial charge in [-0.25, -0.2) is 0 Å². The fourth-order valence-electron chi connectivity index (χ4n) is 4.83. The zero-order valence-corrected chi connectivity index (χ0v) is 19.4. The lowest BCUT2D eigenvalue weighted by Crippen LogP contribution is -2.41. The third-order valence-corrected chi connectivity index (χ3v) is 6.51. The third-order valence-electron chi connectivity index (χ3n) is 6.51. The molecule has 2 atom stereocenters. The molecule has 0 saturated carbocycles. The fraction of sp³-hybridized carbons (Fsp3) is 0.519. The number of rotatable bonds is 8. The summed E-state index contributed by atoms with van der Waals surface area (Å²) in [6.45, 7) is 4.90. The number of amides is 1. The molecule has 1 amide bonds. The molecule has 2 aliphatic heterocycles. The minimum atomic E-state index is -0.324. The maximum Gasteiger partial charge on any atom is 0.251 e. The second-order valence-corrected chi connectivity index (χ2v) is 9.72. The van der Waals surface area contributed by atoms with Crippen LogP contribution in [0, 0.1) is 0 Å². The van der Waals surface area contributed by atoms with Crippen molar-refractivity contribution in [2.24, 2.45) is 5.73 Å². The number of benzene rings is 2. The van der Waals surface area contributed by atoms with Gasteiger partial charge in [-0.2, -0.15) is 0 Å². The van der Waals surface area contributed by atoms with Crippen LogP contribution in [0.4, 0.5) is 0 Å². The lowest BCUT2D eigenvalue weighted by molar-refractivity contribution is 0.0619. The number of ether oxygens (including phenoxy) is 2. The summed E-state index contributed by atoms with van der Waals surface area (Å²) in [5.74, 6) is 1.73. The SMILES string of the molecule is CC1(C)CC(NC(=O)c2ccc3c(c2)CCC(CCCCCCN)O3)c2ccccc2O1. The van der Waals surface area contributed by atoms with Crippen LogP contribution in [0.5, 0.6) is 11.5 Å². The summed E-state index contributed by atoms with van der Waals surface area (Å²) in [4.78, 5) is 13.1. The predicted octanol–water partition coefficient (Wildman–Crippen LogP) is 5.32. The van der Waals surface area contributed by atoms with Gasteiger partial charge in [-0.15, -0.1) is 0 Å². The predicted molar refractivity (Wildman–Crippen MR) is 127 cm³/mol. The van der Waals surface area contributed by atoms with Gasteiger partial charge in [-0.1, -0.05) is 31.0 Å². The van der Waals surface area contributed by atoms with Crippen LogP contribution in [-0.4, -0.2) is 24.2 Å². The number of nitrogens with two attached hydrogens (primary N) is 1. The van der Waals surface area contributed by atoms with Crippen molar-refractivity contribution in [3.8, 4) is 11.5 Å². The molecule has 32 heavy (non-hydrogen) atoms. The lowest BCUT2D eigenvalue weighted by Gasteiger charge is -2.37. The second kappa shape index (κ2) is 9.95. The van der Waals surface area contributed by atoms with Crippen LogP contribution in [-0.2, 0) is 6.42 Å². The van der Waals surface area contributed by atoms with Crippen molar-refractivity contribution < 1.29 is 14.3 Å². The van der Waals surface area contributed by atoms with Gasteiger partial charge in [0, 0.05) is 17.5 Å². The zero-order chi connectivity index (χ0) is 22.6. The third kappa shape index (κ3) is 5.44. The number of unbranched alkanes of at least 4 members (excludes halogenated alkanes) is 3. The lowest BCUT2D eigenvalue weighted by atomic mass is 9.89. The Morgan fingerprint density at radius 3 is 2.75 bits per heavy atom. The van der Waals surface area contributed by atoms with Gasteiger partial charge < -0.3 is 20.5 Å². The first kappa shape index (κ1) is 22.7. The number of nitrogens with one attached hydrogen (secondary N) is 1. The maximum atomic E-state index is 13.1. The molecule has 2 aromatic carbocycles. The molecule has 0 aromatic heterocycles. The molecular formula is C27H36N2O3. The van der Waals surface area contributed by atoms with Crippen molar-refractivity contribution >= 4 is 5.91 Å². The van der Waals surface area contributed by atoms with Crippen LogP contribution in [0.15, 0.2) is 42.5 Å². The molecule has 5 heteroatoms. The topological polar surface area (TPSA) is 73.6 Å². The summed E-state index contributed by atoms with van der Waals surface area (Å²) in [5, 5.41) is 3.24. The minimum Gasteiger partial charge on any atom is -0.490 e. The number of fused-ring (bicyclic) bond motifs is 2. The minimum absolute atomic E-state index is 0.0488. The Labute approximate surface area is 191 Å². The average molecular weight is 437 g/mol. The van der Waals surface area contributed by atoms with Gasteiger partial charge in [0.1, 0.15) is 17.1 Å². The van der Waals surface area contributed by atoms with Gasteiger partial charge in [0.15, 0.2) is 0 Å². The van der Waals surface area contributed by atoms with E-state index in [0.29, 0.717) is 5.56 Å². The van der Waals surface area contributed by atoms with Gasteiger partial charge in [0.05, 0.1) is 12.1 Å². The summed E-state index contributed by atoms with van der Waals surface area (Å²) in [7, 11) is 0. The summed E-state index contributed by atoms with van der Waals surface area (Å²) >= 11 is 0. The first-order valence-corrected chi connectivity index (χ1v) is 12.0. The highest BCUT2D eigenvalue weighted by molar-refractivity contribution is 5.95. The van der Waals surface area contributed by atoms with Crippen molar-refractivity contribution in [1.82, 2.24) is 5.32 Å². The van der Waals surface area contributed by atoms with Crippen LogP contribution in [0.3, 0.4) is 0 Å². The molecule has 0 aliphatic carbocycles. The van der Waals surface area contributed by atoms with Gasteiger partial charge in [0.25, 0.3) is 5.91 Å². The van der Waals surface area contributed by atoms with Crippen LogP contribution in [0.1, 0.15) is 86.3 Å². The summed E-state index contributed by atoms with van der Waals surface area (Å²) < 4.78 is 12.3. The summed E-state index contributed by atoms with van der Waals surface area (Å²) in [5.41, 5.74) is 8.10. The molecule has 2 unspecified atom stereocenters. The summed E-state index contributed by atoms with van der Waals surface area (Å²) in [6, 6.07) is 13.7. The number of aryl methyl sites for hydroxylation is 1.